The summed E-state index contributed by atoms with van der Waals surface area (Å²) in [7, 11) is -1.42. The Bertz CT molecular complexity index is 1160. The highest BCUT2D eigenvalue weighted by Gasteiger charge is 2.27. The number of methoxy groups -OCH3 is 2. The van der Waals surface area contributed by atoms with Crippen molar-refractivity contribution in [3.8, 4) is 11.5 Å². The van der Waals surface area contributed by atoms with Gasteiger partial charge in [-0.2, -0.15) is 0 Å². The number of carboxylic acid groups (broad SMARTS) is 1. The topological polar surface area (TPSA) is 135 Å². The third-order valence-electron chi connectivity index (χ3n) is 5.29. The molecule has 0 unspecified atom stereocenters. The van der Waals surface area contributed by atoms with Gasteiger partial charge in [0, 0.05) is 32.2 Å². The van der Waals surface area contributed by atoms with Crippen LogP contribution in [-0.2, 0) is 14.8 Å². The SMILES string of the molecule is CCOC(=O)N1CCN(c2ccc(C(=O)O)cc2NS(=O)(=O)c2cc(OC)ccc2OC)CC1. The van der Waals surface area contributed by atoms with Crippen molar-refractivity contribution in [2.75, 3.05) is 56.6 Å². The second kappa shape index (κ2) is 10.5. The Morgan fingerprint density at radius 1 is 1.03 bits per heavy atom. The van der Waals surface area contributed by atoms with Crippen LogP contribution in [0.15, 0.2) is 41.3 Å². The van der Waals surface area contributed by atoms with Crippen molar-refractivity contribution in [3.63, 3.8) is 0 Å². The van der Waals surface area contributed by atoms with Crippen molar-refractivity contribution < 1.29 is 37.3 Å². The molecule has 0 saturated carbocycles. The van der Waals surface area contributed by atoms with Crippen molar-refractivity contribution in [2.24, 2.45) is 0 Å². The number of hydrogen-bond acceptors (Lipinski definition) is 8. The Labute approximate surface area is 197 Å². The number of sulfonamides is 1. The molecule has 0 atom stereocenters. The first kappa shape index (κ1) is 25.0. The molecule has 1 aliphatic rings. The summed E-state index contributed by atoms with van der Waals surface area (Å²) >= 11 is 0. The number of anilines is 2. The second-order valence-electron chi connectivity index (χ2n) is 7.33. The van der Waals surface area contributed by atoms with Crippen molar-refractivity contribution >= 4 is 33.5 Å². The van der Waals surface area contributed by atoms with Gasteiger partial charge in [0.15, 0.2) is 0 Å². The van der Waals surface area contributed by atoms with Crippen LogP contribution >= 0.6 is 0 Å². The molecule has 0 radical (unpaired) electrons. The van der Waals surface area contributed by atoms with Crippen LogP contribution in [-0.4, -0.2) is 77.5 Å². The number of rotatable bonds is 8. The van der Waals surface area contributed by atoms with E-state index in [1.807, 2.05) is 4.90 Å². The molecular weight excluding hydrogens is 466 g/mol. The first-order valence-corrected chi connectivity index (χ1v) is 12.0. The van der Waals surface area contributed by atoms with Crippen LogP contribution in [0, 0.1) is 0 Å². The molecule has 1 aliphatic heterocycles. The Kier molecular flexibility index (Phi) is 7.72. The molecule has 12 heteroatoms. The number of piperazine rings is 1. The van der Waals surface area contributed by atoms with E-state index >= 15 is 0 Å². The van der Waals surface area contributed by atoms with E-state index < -0.39 is 22.1 Å². The number of hydrogen-bond donors (Lipinski definition) is 2. The first-order valence-electron chi connectivity index (χ1n) is 10.5. The van der Waals surface area contributed by atoms with Crippen LogP contribution in [0.25, 0.3) is 0 Å². The van der Waals surface area contributed by atoms with Crippen LogP contribution in [0.3, 0.4) is 0 Å². The molecule has 2 N–H and O–H groups in total. The van der Waals surface area contributed by atoms with Crippen LogP contribution < -0.4 is 19.1 Å². The average molecular weight is 494 g/mol. The van der Waals surface area contributed by atoms with Gasteiger partial charge in [0.25, 0.3) is 10.0 Å². The van der Waals surface area contributed by atoms with Crippen molar-refractivity contribution in [3.05, 3.63) is 42.0 Å². The van der Waals surface area contributed by atoms with E-state index in [0.29, 0.717) is 37.6 Å². The Hall–Kier alpha value is -3.67. The third-order valence-corrected chi connectivity index (χ3v) is 6.68. The molecule has 1 fully saturated rings. The van der Waals surface area contributed by atoms with E-state index in [1.54, 1.807) is 24.0 Å². The molecule has 2 aromatic rings. The zero-order valence-electron chi connectivity index (χ0n) is 19.1. The minimum absolute atomic E-state index is 0.0794. The predicted octanol–water partition coefficient (Wildman–Crippen LogP) is 2.48. The number of aromatic carboxylic acids is 1. The fourth-order valence-corrected chi connectivity index (χ4v) is 4.82. The summed E-state index contributed by atoms with van der Waals surface area (Å²) in [5, 5.41) is 9.44. The van der Waals surface area contributed by atoms with Crippen LogP contribution in [0.5, 0.6) is 11.5 Å². The fourth-order valence-electron chi connectivity index (χ4n) is 3.57. The second-order valence-corrected chi connectivity index (χ2v) is 8.98. The average Bonchev–Trinajstić information content (AvgIpc) is 2.83. The number of nitrogens with one attached hydrogen (secondary N) is 1. The van der Waals surface area contributed by atoms with E-state index in [0.717, 1.165) is 0 Å². The van der Waals surface area contributed by atoms with Gasteiger partial charge in [-0.15, -0.1) is 0 Å². The van der Waals surface area contributed by atoms with Gasteiger partial charge >= 0.3 is 12.1 Å². The highest BCUT2D eigenvalue weighted by molar-refractivity contribution is 7.92. The third kappa shape index (κ3) is 5.45. The highest BCUT2D eigenvalue weighted by atomic mass is 32.2. The minimum atomic E-state index is -4.18. The summed E-state index contributed by atoms with van der Waals surface area (Å²) in [4.78, 5) is 26.8. The van der Waals surface area contributed by atoms with E-state index in [2.05, 4.69) is 4.72 Å². The zero-order valence-corrected chi connectivity index (χ0v) is 19.9. The Morgan fingerprint density at radius 3 is 2.32 bits per heavy atom. The number of carboxylic acids is 1. The number of carbonyl (C=O) groups excluding carboxylic acids is 1. The number of amides is 1. The molecule has 11 nitrogen and oxygen atoms in total. The van der Waals surface area contributed by atoms with Gasteiger partial charge in [0.1, 0.15) is 16.4 Å². The fraction of sp³-hybridized carbons (Fsp3) is 0.364. The first-order chi connectivity index (χ1) is 16.2. The lowest BCUT2D eigenvalue weighted by Crippen LogP contribution is -2.49. The van der Waals surface area contributed by atoms with Crippen molar-refractivity contribution in [1.82, 2.24) is 4.90 Å². The maximum absolute atomic E-state index is 13.3. The Balaban J connectivity index is 1.94. The van der Waals surface area contributed by atoms with E-state index in [9.17, 15) is 23.1 Å². The maximum Gasteiger partial charge on any atom is 0.409 e. The van der Waals surface area contributed by atoms with Gasteiger partial charge < -0.3 is 29.1 Å². The molecule has 3 rings (SSSR count). The molecule has 1 amide bonds. The quantitative estimate of drug-likeness (QED) is 0.569. The van der Waals surface area contributed by atoms with E-state index in [4.69, 9.17) is 14.2 Å². The van der Waals surface area contributed by atoms with Crippen molar-refractivity contribution in [2.45, 2.75) is 11.8 Å². The standard InChI is InChI=1S/C22H27N3O8S/c1-4-33-22(28)25-11-9-24(10-12-25)18-7-5-15(21(26)27)13-17(18)23-34(29,30)20-14-16(31-2)6-8-19(20)32-3/h5-8,13-14,23H,4,9-12H2,1-3H3,(H,26,27). The van der Waals surface area contributed by atoms with Gasteiger partial charge in [0.2, 0.25) is 0 Å². The van der Waals surface area contributed by atoms with Gasteiger partial charge in [-0.1, -0.05) is 0 Å². The smallest absolute Gasteiger partial charge is 0.409 e. The minimum Gasteiger partial charge on any atom is -0.497 e. The molecule has 0 bridgehead atoms. The molecule has 184 valence electrons. The lowest BCUT2D eigenvalue weighted by Gasteiger charge is -2.36. The van der Waals surface area contributed by atoms with E-state index in [1.165, 1.54) is 38.5 Å². The summed E-state index contributed by atoms with van der Waals surface area (Å²) in [6.45, 7) is 3.55. The van der Waals surface area contributed by atoms with Gasteiger partial charge in [0.05, 0.1) is 37.8 Å². The molecule has 0 spiro atoms. The lowest BCUT2D eigenvalue weighted by atomic mass is 10.1. The summed E-state index contributed by atoms with van der Waals surface area (Å²) in [6.07, 6.45) is -0.408. The van der Waals surface area contributed by atoms with Crippen LogP contribution in [0.2, 0.25) is 0 Å². The number of nitrogens with zero attached hydrogens (tertiary/aromatic N) is 2. The Morgan fingerprint density at radius 2 is 1.74 bits per heavy atom. The molecule has 34 heavy (non-hydrogen) atoms. The molecule has 0 aromatic heterocycles. The summed E-state index contributed by atoms with van der Waals surface area (Å²) in [6, 6.07) is 8.57. The molecule has 0 aliphatic carbocycles. The zero-order chi connectivity index (χ0) is 24.9. The maximum atomic E-state index is 13.3. The molecule has 1 heterocycles. The normalized spacial score (nSPS) is 13.9. The number of carbonyl (C=O) groups is 2. The van der Waals surface area contributed by atoms with Crippen LogP contribution in [0.1, 0.15) is 17.3 Å². The largest absolute Gasteiger partial charge is 0.497 e. The summed E-state index contributed by atoms with van der Waals surface area (Å²) in [5.74, 6) is -0.777. The highest BCUT2D eigenvalue weighted by Crippen LogP contribution is 2.34. The predicted molar refractivity (Wildman–Crippen MR) is 125 cm³/mol. The molecule has 1 saturated heterocycles. The van der Waals surface area contributed by atoms with Crippen LogP contribution in [0.4, 0.5) is 16.2 Å². The van der Waals surface area contributed by atoms with Crippen molar-refractivity contribution in [1.29, 1.82) is 0 Å². The summed E-state index contributed by atoms with van der Waals surface area (Å²) < 4.78 is 44.5. The monoisotopic (exact) mass is 493 g/mol. The number of ether oxygens (including phenoxy) is 3. The van der Waals surface area contributed by atoms with Gasteiger partial charge in [-0.05, 0) is 37.3 Å². The van der Waals surface area contributed by atoms with Gasteiger partial charge in [-0.25, -0.2) is 18.0 Å². The van der Waals surface area contributed by atoms with Gasteiger partial charge in [-0.3, -0.25) is 4.72 Å². The summed E-state index contributed by atoms with van der Waals surface area (Å²) in [5.41, 5.74) is 0.498. The number of benzene rings is 2. The molecule has 2 aromatic carbocycles. The lowest BCUT2D eigenvalue weighted by molar-refractivity contribution is 0.0696. The van der Waals surface area contributed by atoms with E-state index in [-0.39, 0.29) is 28.5 Å². The molecular formula is C22H27N3O8S.